The summed E-state index contributed by atoms with van der Waals surface area (Å²) in [7, 11) is -3.82. The molecule has 0 unspecified atom stereocenters. The van der Waals surface area contributed by atoms with Crippen LogP contribution in [0.25, 0.3) is 0 Å². The molecule has 4 rings (SSSR count). The monoisotopic (exact) mass is 485 g/mol. The number of aryl methyl sites for hydroxylation is 2. The SMILES string of the molecule is Cc1cc(C)cc(Oc2ccc(NC(=O)Cc3cccs3)cc2S(=O)(=O)N2CCNCC2)c1. The lowest BCUT2D eigenvalue weighted by Crippen LogP contribution is -2.46. The van der Waals surface area contributed by atoms with Crippen LogP contribution < -0.4 is 15.4 Å². The lowest BCUT2D eigenvalue weighted by molar-refractivity contribution is -0.115. The van der Waals surface area contributed by atoms with Crippen LogP contribution in [0.2, 0.25) is 0 Å². The van der Waals surface area contributed by atoms with E-state index >= 15 is 0 Å². The van der Waals surface area contributed by atoms with Crippen LogP contribution in [0.1, 0.15) is 16.0 Å². The average molecular weight is 486 g/mol. The van der Waals surface area contributed by atoms with E-state index in [1.165, 1.54) is 21.7 Å². The molecule has 1 fully saturated rings. The number of nitrogens with one attached hydrogen (secondary N) is 2. The van der Waals surface area contributed by atoms with Crippen molar-refractivity contribution in [2.45, 2.75) is 25.2 Å². The molecule has 2 N–H and O–H groups in total. The molecule has 2 aromatic carbocycles. The van der Waals surface area contributed by atoms with E-state index in [0.29, 0.717) is 37.6 Å². The van der Waals surface area contributed by atoms with Gasteiger partial charge in [-0.25, -0.2) is 8.42 Å². The van der Waals surface area contributed by atoms with E-state index in [0.717, 1.165) is 16.0 Å². The van der Waals surface area contributed by atoms with Crippen LogP contribution in [-0.4, -0.2) is 44.8 Å². The Balaban J connectivity index is 1.66. The van der Waals surface area contributed by atoms with Crippen molar-refractivity contribution < 1.29 is 17.9 Å². The predicted octanol–water partition coefficient (Wildman–Crippen LogP) is 3.93. The number of carbonyl (C=O) groups is 1. The molecule has 1 saturated heterocycles. The number of hydrogen-bond donors (Lipinski definition) is 2. The summed E-state index contributed by atoms with van der Waals surface area (Å²) < 4.78 is 34.6. The molecule has 0 spiro atoms. The van der Waals surface area contributed by atoms with Gasteiger partial charge < -0.3 is 15.4 Å². The summed E-state index contributed by atoms with van der Waals surface area (Å²) in [5, 5.41) is 7.91. The summed E-state index contributed by atoms with van der Waals surface area (Å²) in [5.41, 5.74) is 2.46. The molecule has 0 saturated carbocycles. The fourth-order valence-corrected chi connectivity index (χ4v) is 6.08. The van der Waals surface area contributed by atoms with Crippen molar-refractivity contribution in [2.75, 3.05) is 31.5 Å². The summed E-state index contributed by atoms with van der Waals surface area (Å²) in [6.45, 7) is 5.85. The molecule has 33 heavy (non-hydrogen) atoms. The number of rotatable bonds is 7. The van der Waals surface area contributed by atoms with Gasteiger partial charge in [0.05, 0.1) is 6.42 Å². The average Bonchev–Trinajstić information content (AvgIpc) is 3.27. The number of anilines is 1. The van der Waals surface area contributed by atoms with Gasteiger partial charge in [-0.2, -0.15) is 4.31 Å². The molecule has 0 bridgehead atoms. The maximum absolute atomic E-state index is 13.5. The normalized spacial score (nSPS) is 14.7. The van der Waals surface area contributed by atoms with Crippen molar-refractivity contribution in [1.82, 2.24) is 9.62 Å². The van der Waals surface area contributed by atoms with Crippen LogP contribution in [0, 0.1) is 13.8 Å². The van der Waals surface area contributed by atoms with E-state index in [1.807, 2.05) is 49.6 Å². The van der Waals surface area contributed by atoms with Gasteiger partial charge in [-0.05, 0) is 66.8 Å². The van der Waals surface area contributed by atoms with Crippen LogP contribution in [0.15, 0.2) is 58.8 Å². The third-order valence-electron chi connectivity index (χ3n) is 5.26. The molecule has 3 aromatic rings. The Labute approximate surface area is 198 Å². The number of thiophene rings is 1. The van der Waals surface area contributed by atoms with Gasteiger partial charge in [0.1, 0.15) is 16.4 Å². The summed E-state index contributed by atoms with van der Waals surface area (Å²) in [6.07, 6.45) is 0.234. The van der Waals surface area contributed by atoms with Crippen molar-refractivity contribution in [3.63, 3.8) is 0 Å². The number of nitrogens with zero attached hydrogens (tertiary/aromatic N) is 1. The highest BCUT2D eigenvalue weighted by atomic mass is 32.2. The number of amides is 1. The minimum Gasteiger partial charge on any atom is -0.456 e. The van der Waals surface area contributed by atoms with Crippen molar-refractivity contribution in [2.24, 2.45) is 0 Å². The second-order valence-electron chi connectivity index (χ2n) is 8.05. The Morgan fingerprint density at radius 1 is 1.09 bits per heavy atom. The second kappa shape index (κ2) is 10.0. The first-order chi connectivity index (χ1) is 15.8. The molecule has 0 radical (unpaired) electrons. The number of benzene rings is 2. The quantitative estimate of drug-likeness (QED) is 0.529. The molecule has 2 heterocycles. The molecular weight excluding hydrogens is 458 g/mol. The molecule has 1 amide bonds. The zero-order valence-corrected chi connectivity index (χ0v) is 20.3. The first kappa shape index (κ1) is 23.4. The Bertz CT molecular complexity index is 1210. The topological polar surface area (TPSA) is 87.7 Å². The maximum atomic E-state index is 13.5. The number of piperazine rings is 1. The zero-order chi connectivity index (χ0) is 23.4. The first-order valence-corrected chi connectivity index (χ1v) is 13.1. The molecule has 9 heteroatoms. The van der Waals surface area contributed by atoms with E-state index < -0.39 is 10.0 Å². The first-order valence-electron chi connectivity index (χ1n) is 10.7. The van der Waals surface area contributed by atoms with Gasteiger partial charge in [0.15, 0.2) is 0 Å². The third kappa shape index (κ3) is 5.80. The highest BCUT2D eigenvalue weighted by Crippen LogP contribution is 2.34. The van der Waals surface area contributed by atoms with Gasteiger partial charge in [-0.1, -0.05) is 12.1 Å². The van der Waals surface area contributed by atoms with Gasteiger partial charge >= 0.3 is 0 Å². The van der Waals surface area contributed by atoms with Gasteiger partial charge in [0.25, 0.3) is 0 Å². The lowest BCUT2D eigenvalue weighted by atomic mass is 10.1. The molecule has 0 atom stereocenters. The molecule has 0 aliphatic carbocycles. The van der Waals surface area contributed by atoms with Crippen LogP contribution in [0.4, 0.5) is 5.69 Å². The highest BCUT2D eigenvalue weighted by molar-refractivity contribution is 7.89. The fraction of sp³-hybridized carbons (Fsp3) is 0.292. The van der Waals surface area contributed by atoms with Crippen LogP contribution in [-0.2, 0) is 21.2 Å². The van der Waals surface area contributed by atoms with Crippen molar-refractivity contribution in [3.8, 4) is 11.5 Å². The second-order valence-corrected chi connectivity index (χ2v) is 11.0. The third-order valence-corrected chi connectivity index (χ3v) is 8.06. The van der Waals surface area contributed by atoms with E-state index in [4.69, 9.17) is 4.74 Å². The molecule has 174 valence electrons. The largest absolute Gasteiger partial charge is 0.456 e. The molecular formula is C24H27N3O4S2. The Morgan fingerprint density at radius 2 is 1.82 bits per heavy atom. The maximum Gasteiger partial charge on any atom is 0.246 e. The van der Waals surface area contributed by atoms with Crippen LogP contribution in [0.3, 0.4) is 0 Å². The van der Waals surface area contributed by atoms with Gasteiger partial charge in [-0.3, -0.25) is 4.79 Å². The number of ether oxygens (including phenoxy) is 1. The highest BCUT2D eigenvalue weighted by Gasteiger charge is 2.30. The minimum atomic E-state index is -3.82. The van der Waals surface area contributed by atoms with Gasteiger partial charge in [-0.15, -0.1) is 11.3 Å². The number of sulfonamides is 1. The van der Waals surface area contributed by atoms with E-state index in [2.05, 4.69) is 10.6 Å². The molecule has 7 nitrogen and oxygen atoms in total. The predicted molar refractivity (Wildman–Crippen MR) is 131 cm³/mol. The summed E-state index contributed by atoms with van der Waals surface area (Å²) in [4.78, 5) is 13.5. The molecule has 1 aromatic heterocycles. The van der Waals surface area contributed by atoms with E-state index in [-0.39, 0.29) is 23.0 Å². The molecule has 1 aliphatic heterocycles. The summed E-state index contributed by atoms with van der Waals surface area (Å²) in [6, 6.07) is 14.3. The Morgan fingerprint density at radius 3 is 2.48 bits per heavy atom. The van der Waals surface area contributed by atoms with E-state index in [9.17, 15) is 13.2 Å². The van der Waals surface area contributed by atoms with Gasteiger partial charge in [0.2, 0.25) is 15.9 Å². The fourth-order valence-electron chi connectivity index (χ4n) is 3.79. The van der Waals surface area contributed by atoms with Crippen LogP contribution in [0.5, 0.6) is 11.5 Å². The standard InChI is InChI=1S/C24H27N3O4S2/c1-17-12-18(2)14-20(13-17)31-22-6-5-19(26-24(28)16-21-4-3-11-32-21)15-23(22)33(29,30)27-9-7-25-8-10-27/h3-6,11-15,25H,7-10,16H2,1-2H3,(H,26,28). The van der Waals surface area contributed by atoms with Crippen LogP contribution >= 0.6 is 11.3 Å². The smallest absolute Gasteiger partial charge is 0.246 e. The molecule has 1 aliphatic rings. The van der Waals surface area contributed by atoms with E-state index in [1.54, 1.807) is 12.1 Å². The summed E-state index contributed by atoms with van der Waals surface area (Å²) in [5.74, 6) is 0.597. The number of hydrogen-bond acceptors (Lipinski definition) is 6. The minimum absolute atomic E-state index is 0.0393. The van der Waals surface area contributed by atoms with Crippen molar-refractivity contribution >= 4 is 33.0 Å². The zero-order valence-electron chi connectivity index (χ0n) is 18.6. The number of carbonyl (C=O) groups excluding carboxylic acids is 1. The summed E-state index contributed by atoms with van der Waals surface area (Å²) >= 11 is 1.50. The lowest BCUT2D eigenvalue weighted by Gasteiger charge is -2.27. The Hall–Kier alpha value is -2.72. The van der Waals surface area contributed by atoms with Crippen molar-refractivity contribution in [3.05, 3.63) is 69.9 Å². The van der Waals surface area contributed by atoms with Gasteiger partial charge in [0, 0.05) is 36.7 Å². The van der Waals surface area contributed by atoms with Crippen molar-refractivity contribution in [1.29, 1.82) is 0 Å². The Kier molecular flexibility index (Phi) is 7.14.